The molecular weight excluding hydrogens is 387 g/mol. The fraction of sp³-hybridized carbons (Fsp3) is 0.100. The molecule has 9 heteroatoms. The summed E-state index contributed by atoms with van der Waals surface area (Å²) in [7, 11) is 0. The molecule has 29 heavy (non-hydrogen) atoms. The second-order valence-corrected chi connectivity index (χ2v) is 6.14. The molecule has 1 aromatic carbocycles. The quantitative estimate of drug-likeness (QED) is 0.462. The molecule has 0 saturated carbocycles. The number of alkyl halides is 3. The third-order valence-electron chi connectivity index (χ3n) is 4.03. The number of aromatic nitrogens is 3. The molecule has 0 bridgehead atoms. The van der Waals surface area contributed by atoms with Crippen LogP contribution in [0.15, 0.2) is 63.9 Å². The molecule has 0 amide bonds. The topological polar surface area (TPSA) is 78.1 Å². The van der Waals surface area contributed by atoms with E-state index in [0.717, 1.165) is 0 Å². The molecule has 0 N–H and O–H groups in total. The maximum Gasteiger partial charge on any atom is 0.433 e. The van der Waals surface area contributed by atoms with Crippen molar-refractivity contribution in [2.45, 2.75) is 13.1 Å². The summed E-state index contributed by atoms with van der Waals surface area (Å²) < 4.78 is 50.5. The van der Waals surface area contributed by atoms with Gasteiger partial charge in [0.2, 0.25) is 5.88 Å². The van der Waals surface area contributed by atoms with Gasteiger partial charge in [0.05, 0.1) is 0 Å². The average Bonchev–Trinajstić information content (AvgIpc) is 2.67. The zero-order valence-electron chi connectivity index (χ0n) is 14.9. The van der Waals surface area contributed by atoms with Crippen molar-refractivity contribution in [2.24, 2.45) is 0 Å². The van der Waals surface area contributed by atoms with Crippen LogP contribution in [0.25, 0.3) is 22.5 Å². The van der Waals surface area contributed by atoms with Gasteiger partial charge in [0.15, 0.2) is 11.5 Å². The molecule has 0 atom stereocenters. The predicted molar refractivity (Wildman–Crippen MR) is 97.6 cm³/mol. The highest BCUT2D eigenvalue weighted by atomic mass is 19.4. The van der Waals surface area contributed by atoms with E-state index >= 15 is 0 Å². The lowest BCUT2D eigenvalue weighted by atomic mass is 10.1. The minimum atomic E-state index is -4.70. The zero-order chi connectivity index (χ0) is 20.6. The summed E-state index contributed by atoms with van der Waals surface area (Å²) in [6, 6.07) is 11.4. The van der Waals surface area contributed by atoms with Crippen LogP contribution in [0.1, 0.15) is 11.3 Å². The summed E-state index contributed by atoms with van der Waals surface area (Å²) in [4.78, 5) is 23.1. The third kappa shape index (κ3) is 3.93. The van der Waals surface area contributed by atoms with Crippen LogP contribution in [0.5, 0.6) is 11.6 Å². The lowest BCUT2D eigenvalue weighted by Gasteiger charge is -2.11. The first-order valence-electron chi connectivity index (χ1n) is 8.40. The maximum absolute atomic E-state index is 13.3. The van der Waals surface area contributed by atoms with Gasteiger partial charge in [0.25, 0.3) is 0 Å². The standard InChI is InChI=1S/C20H12F3N3O3/c1-11-8-18(27)29-15-9-12(5-6-13(11)15)28-17-10-16(20(21,22)23)25-19(26-17)14-4-2-3-7-24-14/h2-10H,1H3. The molecule has 0 aliphatic heterocycles. The van der Waals surface area contributed by atoms with Crippen molar-refractivity contribution in [1.29, 1.82) is 0 Å². The number of hydrogen-bond acceptors (Lipinski definition) is 6. The van der Waals surface area contributed by atoms with Gasteiger partial charge in [-0.05, 0) is 36.8 Å². The summed E-state index contributed by atoms with van der Waals surface area (Å²) in [5.41, 5.74) is -0.565. The van der Waals surface area contributed by atoms with E-state index in [-0.39, 0.29) is 28.7 Å². The Labute approximate surface area is 161 Å². The maximum atomic E-state index is 13.3. The molecule has 0 saturated heterocycles. The van der Waals surface area contributed by atoms with E-state index in [9.17, 15) is 18.0 Å². The lowest BCUT2D eigenvalue weighted by molar-refractivity contribution is -0.141. The van der Waals surface area contributed by atoms with E-state index in [1.54, 1.807) is 31.2 Å². The first-order valence-corrected chi connectivity index (χ1v) is 8.40. The van der Waals surface area contributed by atoms with Crippen molar-refractivity contribution in [3.8, 4) is 23.1 Å². The van der Waals surface area contributed by atoms with E-state index in [4.69, 9.17) is 9.15 Å². The molecule has 0 radical (unpaired) electrons. The van der Waals surface area contributed by atoms with E-state index in [2.05, 4.69) is 15.0 Å². The number of pyridine rings is 1. The van der Waals surface area contributed by atoms with Crippen molar-refractivity contribution in [2.75, 3.05) is 0 Å². The normalized spacial score (nSPS) is 11.6. The van der Waals surface area contributed by atoms with Gasteiger partial charge in [-0.1, -0.05) is 6.07 Å². The largest absolute Gasteiger partial charge is 0.439 e. The number of rotatable bonds is 3. The molecule has 0 spiro atoms. The van der Waals surface area contributed by atoms with E-state index in [1.807, 2.05) is 0 Å². The Bertz CT molecular complexity index is 1250. The summed E-state index contributed by atoms with van der Waals surface area (Å²) in [5, 5.41) is 0.685. The van der Waals surface area contributed by atoms with Gasteiger partial charge >= 0.3 is 11.8 Å². The minimum Gasteiger partial charge on any atom is -0.439 e. The smallest absolute Gasteiger partial charge is 0.433 e. The second kappa shape index (κ2) is 7.01. The Balaban J connectivity index is 1.78. The highest BCUT2D eigenvalue weighted by Crippen LogP contribution is 2.33. The minimum absolute atomic E-state index is 0.157. The number of halogens is 3. The number of benzene rings is 1. The fourth-order valence-corrected chi connectivity index (χ4v) is 2.72. The Hall–Kier alpha value is -3.75. The van der Waals surface area contributed by atoms with Gasteiger partial charge in [0, 0.05) is 29.8 Å². The van der Waals surface area contributed by atoms with Crippen LogP contribution in [0, 0.1) is 6.92 Å². The third-order valence-corrected chi connectivity index (χ3v) is 4.03. The Kier molecular flexibility index (Phi) is 4.50. The lowest BCUT2D eigenvalue weighted by Crippen LogP contribution is -2.10. The molecule has 0 aliphatic rings. The zero-order valence-corrected chi connectivity index (χ0v) is 14.9. The van der Waals surface area contributed by atoms with Gasteiger partial charge in [0.1, 0.15) is 17.0 Å². The molecular formula is C20H12F3N3O3. The molecule has 0 aliphatic carbocycles. The van der Waals surface area contributed by atoms with Crippen LogP contribution < -0.4 is 10.4 Å². The van der Waals surface area contributed by atoms with Crippen LogP contribution in [0.3, 0.4) is 0 Å². The highest BCUT2D eigenvalue weighted by Gasteiger charge is 2.34. The van der Waals surface area contributed by atoms with E-state index < -0.39 is 17.5 Å². The highest BCUT2D eigenvalue weighted by molar-refractivity contribution is 5.81. The molecule has 3 aromatic heterocycles. The van der Waals surface area contributed by atoms with Crippen molar-refractivity contribution >= 4 is 11.0 Å². The average molecular weight is 399 g/mol. The van der Waals surface area contributed by atoms with Crippen molar-refractivity contribution in [3.63, 3.8) is 0 Å². The summed E-state index contributed by atoms with van der Waals surface area (Å²) in [5.74, 6) is -0.383. The van der Waals surface area contributed by atoms with E-state index in [1.165, 1.54) is 24.4 Å². The predicted octanol–water partition coefficient (Wildman–Crippen LogP) is 4.76. The van der Waals surface area contributed by atoms with Crippen LogP contribution in [-0.4, -0.2) is 15.0 Å². The van der Waals surface area contributed by atoms with Crippen LogP contribution >= 0.6 is 0 Å². The molecule has 0 unspecified atom stereocenters. The fourth-order valence-electron chi connectivity index (χ4n) is 2.72. The summed E-state index contributed by atoms with van der Waals surface area (Å²) >= 11 is 0. The van der Waals surface area contributed by atoms with Gasteiger partial charge in [-0.15, -0.1) is 0 Å². The summed E-state index contributed by atoms with van der Waals surface area (Å²) in [6.45, 7) is 1.75. The first-order chi connectivity index (χ1) is 13.8. The Morgan fingerprint density at radius 2 is 1.86 bits per heavy atom. The molecule has 0 fully saturated rings. The number of fused-ring (bicyclic) bond motifs is 1. The number of ether oxygens (including phenoxy) is 1. The van der Waals surface area contributed by atoms with Gasteiger partial charge in [-0.3, -0.25) is 4.98 Å². The SMILES string of the molecule is Cc1cc(=O)oc2cc(Oc3cc(C(F)(F)F)nc(-c4ccccn4)n3)ccc12. The van der Waals surface area contributed by atoms with Crippen LogP contribution in [-0.2, 0) is 6.18 Å². The van der Waals surface area contributed by atoms with Crippen LogP contribution in [0.2, 0.25) is 0 Å². The van der Waals surface area contributed by atoms with Gasteiger partial charge in [-0.25, -0.2) is 9.78 Å². The second-order valence-electron chi connectivity index (χ2n) is 6.14. The molecule has 146 valence electrons. The van der Waals surface area contributed by atoms with Crippen molar-refractivity contribution in [1.82, 2.24) is 15.0 Å². The number of hydrogen-bond donors (Lipinski definition) is 0. The van der Waals surface area contributed by atoms with Crippen molar-refractivity contribution in [3.05, 3.63) is 76.4 Å². The first kappa shape index (κ1) is 18.6. The Morgan fingerprint density at radius 3 is 2.59 bits per heavy atom. The number of aryl methyl sites for hydroxylation is 1. The molecule has 4 rings (SSSR count). The molecule has 6 nitrogen and oxygen atoms in total. The number of nitrogens with zero attached hydrogens (tertiary/aromatic N) is 3. The van der Waals surface area contributed by atoms with Gasteiger partial charge < -0.3 is 9.15 Å². The van der Waals surface area contributed by atoms with Gasteiger partial charge in [-0.2, -0.15) is 18.2 Å². The molecule has 4 aromatic rings. The monoisotopic (exact) mass is 399 g/mol. The molecule has 3 heterocycles. The van der Waals surface area contributed by atoms with E-state index in [0.29, 0.717) is 17.0 Å². The van der Waals surface area contributed by atoms with Crippen molar-refractivity contribution < 1.29 is 22.3 Å². The summed E-state index contributed by atoms with van der Waals surface area (Å²) in [6.07, 6.45) is -3.27. The Morgan fingerprint density at radius 1 is 1.03 bits per heavy atom. The van der Waals surface area contributed by atoms with Crippen LogP contribution in [0.4, 0.5) is 13.2 Å².